The summed E-state index contributed by atoms with van der Waals surface area (Å²) in [5.74, 6) is -1.02. The minimum Gasteiger partial charge on any atom is -0.352 e. The monoisotopic (exact) mass is 483 g/mol. The zero-order chi connectivity index (χ0) is 23.6. The van der Waals surface area contributed by atoms with Crippen LogP contribution in [-0.4, -0.2) is 26.3 Å². The summed E-state index contributed by atoms with van der Waals surface area (Å²) < 4.78 is 28.6. The summed E-state index contributed by atoms with van der Waals surface area (Å²) in [4.78, 5) is 25.7. The van der Waals surface area contributed by atoms with E-state index in [1.807, 2.05) is 30.3 Å². The highest BCUT2D eigenvalue weighted by Gasteiger charge is 2.42. The van der Waals surface area contributed by atoms with Crippen LogP contribution in [0.3, 0.4) is 0 Å². The van der Waals surface area contributed by atoms with E-state index in [1.54, 1.807) is 43.3 Å². The van der Waals surface area contributed by atoms with Gasteiger partial charge in [0.05, 0.1) is 22.7 Å². The van der Waals surface area contributed by atoms with Gasteiger partial charge in [-0.1, -0.05) is 60.1 Å². The van der Waals surface area contributed by atoms with E-state index in [4.69, 9.17) is 11.6 Å². The van der Waals surface area contributed by atoms with Gasteiger partial charge in [-0.15, -0.1) is 0 Å². The molecule has 170 valence electrons. The molecule has 0 saturated heterocycles. The van der Waals surface area contributed by atoms with Crippen molar-refractivity contribution >= 4 is 44.8 Å². The fraction of sp³-hybridized carbons (Fsp3) is 0.167. The lowest BCUT2D eigenvalue weighted by Gasteiger charge is -2.37. The summed E-state index contributed by atoms with van der Waals surface area (Å²) in [5.41, 5.74) is 1.90. The molecule has 0 saturated carbocycles. The number of carbonyl (C=O) groups excluding carboxylic acids is 2. The maximum Gasteiger partial charge on any atom is 0.265 e. The molecule has 7 nitrogen and oxygen atoms in total. The third kappa shape index (κ3) is 4.58. The molecule has 0 radical (unpaired) electrons. The Morgan fingerprint density at radius 2 is 1.73 bits per heavy atom. The number of amides is 2. The third-order valence-electron chi connectivity index (χ3n) is 5.45. The van der Waals surface area contributed by atoms with E-state index in [2.05, 4.69) is 10.6 Å². The lowest BCUT2D eigenvalue weighted by Crippen LogP contribution is -2.52. The number of hydrogen-bond donors (Lipinski definition) is 2. The van der Waals surface area contributed by atoms with Crippen LogP contribution in [0, 0.1) is 6.92 Å². The van der Waals surface area contributed by atoms with Gasteiger partial charge >= 0.3 is 0 Å². The molecule has 1 atom stereocenters. The number of halogens is 1. The number of carbonyl (C=O) groups is 2. The van der Waals surface area contributed by atoms with Gasteiger partial charge in [0.25, 0.3) is 10.0 Å². The maximum absolute atomic E-state index is 13.8. The van der Waals surface area contributed by atoms with E-state index in [0.717, 1.165) is 9.87 Å². The highest BCUT2D eigenvalue weighted by Crippen LogP contribution is 2.38. The molecule has 1 aliphatic heterocycles. The van der Waals surface area contributed by atoms with Crippen molar-refractivity contribution in [3.8, 4) is 0 Å². The summed E-state index contributed by atoms with van der Waals surface area (Å²) in [7, 11) is -4.22. The van der Waals surface area contributed by atoms with E-state index in [1.165, 1.54) is 6.07 Å². The van der Waals surface area contributed by atoms with Crippen LogP contribution in [-0.2, 0) is 26.2 Å². The Hall–Kier alpha value is -3.36. The van der Waals surface area contributed by atoms with Gasteiger partial charge in [-0.25, -0.2) is 8.42 Å². The van der Waals surface area contributed by atoms with Gasteiger partial charge in [-0.3, -0.25) is 13.9 Å². The van der Waals surface area contributed by atoms with Crippen molar-refractivity contribution < 1.29 is 18.0 Å². The van der Waals surface area contributed by atoms with Crippen molar-refractivity contribution in [1.29, 1.82) is 0 Å². The second-order valence-electron chi connectivity index (χ2n) is 7.65. The quantitative estimate of drug-likeness (QED) is 0.556. The third-order valence-corrected chi connectivity index (χ3v) is 7.83. The Bertz CT molecular complexity index is 1310. The van der Waals surface area contributed by atoms with Gasteiger partial charge in [-0.2, -0.15) is 0 Å². The van der Waals surface area contributed by atoms with Crippen molar-refractivity contribution in [3.05, 3.63) is 88.9 Å². The van der Waals surface area contributed by atoms with Crippen molar-refractivity contribution in [2.24, 2.45) is 0 Å². The Labute approximate surface area is 197 Å². The first-order valence-electron chi connectivity index (χ1n) is 10.3. The average Bonchev–Trinajstić information content (AvgIpc) is 2.80. The highest BCUT2D eigenvalue weighted by molar-refractivity contribution is 7.93. The average molecular weight is 484 g/mol. The molecule has 1 heterocycles. The number of benzene rings is 3. The van der Waals surface area contributed by atoms with Gasteiger partial charge in [0.1, 0.15) is 6.04 Å². The van der Waals surface area contributed by atoms with E-state index in [9.17, 15) is 18.0 Å². The Morgan fingerprint density at radius 3 is 2.48 bits per heavy atom. The van der Waals surface area contributed by atoms with Crippen molar-refractivity contribution in [3.63, 3.8) is 0 Å². The molecule has 4 rings (SSSR count). The van der Waals surface area contributed by atoms with Crippen LogP contribution < -0.4 is 14.9 Å². The van der Waals surface area contributed by atoms with E-state index in [-0.39, 0.29) is 23.5 Å². The fourth-order valence-electron chi connectivity index (χ4n) is 3.75. The predicted molar refractivity (Wildman–Crippen MR) is 128 cm³/mol. The molecule has 0 unspecified atom stereocenters. The summed E-state index contributed by atoms with van der Waals surface area (Å²) in [6, 6.07) is 19.2. The molecule has 0 bridgehead atoms. The second kappa shape index (κ2) is 9.25. The smallest absolute Gasteiger partial charge is 0.265 e. The van der Waals surface area contributed by atoms with Gasteiger partial charge < -0.3 is 10.6 Å². The molecule has 0 fully saturated rings. The van der Waals surface area contributed by atoms with Crippen molar-refractivity contribution in [2.45, 2.75) is 30.8 Å². The SMILES string of the molecule is Cc1c(Cl)cccc1S(=O)(=O)N1c2ccccc2NC(=O)[C@H]1CC(=O)NCc1ccccc1. The first kappa shape index (κ1) is 22.8. The first-order valence-corrected chi connectivity index (χ1v) is 12.1. The molecule has 2 amide bonds. The number of rotatable bonds is 6. The number of fused-ring (bicyclic) bond motifs is 1. The number of nitrogens with one attached hydrogen (secondary N) is 2. The Morgan fingerprint density at radius 1 is 1.03 bits per heavy atom. The fourth-order valence-corrected chi connectivity index (χ4v) is 5.87. The van der Waals surface area contributed by atoms with Crippen LogP contribution in [0.15, 0.2) is 77.7 Å². The molecule has 0 aromatic heterocycles. The molecular formula is C24H22ClN3O4S. The largest absolute Gasteiger partial charge is 0.352 e. The number of anilines is 2. The lowest BCUT2D eigenvalue weighted by molar-refractivity contribution is -0.125. The lowest BCUT2D eigenvalue weighted by atomic mass is 10.1. The molecule has 0 aliphatic carbocycles. The van der Waals surface area contributed by atoms with Crippen LogP contribution >= 0.6 is 11.6 Å². The minimum absolute atomic E-state index is 0.0193. The molecule has 9 heteroatoms. The normalized spacial score (nSPS) is 15.5. The number of para-hydroxylation sites is 2. The Kier molecular flexibility index (Phi) is 6.40. The standard InChI is InChI=1S/C24H22ClN3O4S/c1-16-18(25)10-7-13-22(16)33(31,32)28-20-12-6-5-11-19(20)27-24(30)21(28)14-23(29)26-15-17-8-3-2-4-9-17/h2-13,21H,14-15H2,1H3,(H,26,29)(H,27,30)/t21-/m1/s1. The van der Waals surface area contributed by atoms with E-state index >= 15 is 0 Å². The first-order chi connectivity index (χ1) is 15.8. The maximum atomic E-state index is 13.8. The molecule has 3 aromatic carbocycles. The van der Waals surface area contributed by atoms with Gasteiger partial charge in [0.2, 0.25) is 11.8 Å². The summed E-state index contributed by atoms with van der Waals surface area (Å²) in [5, 5.41) is 5.77. The van der Waals surface area contributed by atoms with Crippen molar-refractivity contribution in [2.75, 3.05) is 9.62 Å². The van der Waals surface area contributed by atoms with Gasteiger partial charge in [0.15, 0.2) is 0 Å². The molecule has 0 spiro atoms. The van der Waals surface area contributed by atoms with E-state index in [0.29, 0.717) is 16.3 Å². The number of sulfonamides is 1. The highest BCUT2D eigenvalue weighted by atomic mass is 35.5. The van der Waals surface area contributed by atoms with E-state index < -0.39 is 27.9 Å². The van der Waals surface area contributed by atoms with Crippen LogP contribution in [0.5, 0.6) is 0 Å². The topological polar surface area (TPSA) is 95.6 Å². The van der Waals surface area contributed by atoms with Gasteiger partial charge in [-0.05, 0) is 42.3 Å². The molecular weight excluding hydrogens is 462 g/mol. The molecule has 2 N–H and O–H groups in total. The molecule has 1 aliphatic rings. The minimum atomic E-state index is -4.22. The second-order valence-corrected chi connectivity index (χ2v) is 9.84. The molecule has 33 heavy (non-hydrogen) atoms. The summed E-state index contributed by atoms with van der Waals surface area (Å²) >= 11 is 6.18. The Balaban J connectivity index is 1.70. The zero-order valence-electron chi connectivity index (χ0n) is 17.8. The number of hydrogen-bond acceptors (Lipinski definition) is 4. The summed E-state index contributed by atoms with van der Waals surface area (Å²) in [6.45, 7) is 1.87. The summed E-state index contributed by atoms with van der Waals surface area (Å²) in [6.07, 6.45) is -0.341. The van der Waals surface area contributed by atoms with Crippen LogP contribution in [0.2, 0.25) is 5.02 Å². The van der Waals surface area contributed by atoms with Crippen molar-refractivity contribution in [1.82, 2.24) is 5.32 Å². The van der Waals surface area contributed by atoms with Crippen LogP contribution in [0.25, 0.3) is 0 Å². The predicted octanol–water partition coefficient (Wildman–Crippen LogP) is 3.87. The van der Waals surface area contributed by atoms with Crippen LogP contribution in [0.1, 0.15) is 17.5 Å². The molecule has 3 aromatic rings. The van der Waals surface area contributed by atoms with Crippen LogP contribution in [0.4, 0.5) is 11.4 Å². The van der Waals surface area contributed by atoms with Gasteiger partial charge in [0, 0.05) is 11.6 Å². The zero-order valence-corrected chi connectivity index (χ0v) is 19.4. The number of nitrogens with zero attached hydrogens (tertiary/aromatic N) is 1.